The summed E-state index contributed by atoms with van der Waals surface area (Å²) < 4.78 is 10.5. The van der Waals surface area contributed by atoms with Crippen LogP contribution in [0, 0.1) is 0 Å². The molecule has 0 heterocycles. The fourth-order valence-corrected chi connectivity index (χ4v) is 1.97. The molecule has 0 spiro atoms. The first-order chi connectivity index (χ1) is 7.76. The van der Waals surface area contributed by atoms with Crippen LogP contribution in [0.15, 0.2) is 23.1 Å². The molecule has 0 fully saturated rings. The summed E-state index contributed by atoms with van der Waals surface area (Å²) in [6, 6.07) is 3.93. The third kappa shape index (κ3) is 2.93. The van der Waals surface area contributed by atoms with E-state index in [0.29, 0.717) is 6.54 Å². The van der Waals surface area contributed by atoms with Gasteiger partial charge in [-0.25, -0.2) is 0 Å². The van der Waals surface area contributed by atoms with Crippen molar-refractivity contribution >= 4 is 17.8 Å². The molecule has 0 saturated heterocycles. The Labute approximate surface area is 101 Å². The van der Waals surface area contributed by atoms with Gasteiger partial charge >= 0.3 is 0 Å². The van der Waals surface area contributed by atoms with Crippen molar-refractivity contribution in [1.29, 1.82) is 0 Å². The molecule has 0 amide bonds. The van der Waals surface area contributed by atoms with Gasteiger partial charge in [-0.1, -0.05) is 12.2 Å². The zero-order valence-electron chi connectivity index (χ0n) is 9.82. The quantitative estimate of drug-likeness (QED) is 0.801. The van der Waals surface area contributed by atoms with E-state index in [2.05, 4.69) is 0 Å². The van der Waals surface area contributed by atoms with E-state index in [1.165, 1.54) is 0 Å². The molecule has 0 aromatic heterocycles. The van der Waals surface area contributed by atoms with Crippen LogP contribution in [0.25, 0.3) is 6.08 Å². The van der Waals surface area contributed by atoms with Gasteiger partial charge in [-0.05, 0) is 24.0 Å². The summed E-state index contributed by atoms with van der Waals surface area (Å²) >= 11 is 1.67. The average Bonchev–Trinajstić information content (AvgIpc) is 2.35. The Kier molecular flexibility index (Phi) is 5.22. The summed E-state index contributed by atoms with van der Waals surface area (Å²) in [4.78, 5) is 1.14. The SMILES string of the molecule is COc1cc(/C=C/CN)c(SC)cc1OC. The predicted octanol–water partition coefficient (Wildman–Crippen LogP) is 2.40. The van der Waals surface area contributed by atoms with Crippen LogP contribution >= 0.6 is 11.8 Å². The van der Waals surface area contributed by atoms with Crippen LogP contribution in [0.5, 0.6) is 11.5 Å². The van der Waals surface area contributed by atoms with Crippen LogP contribution in [0.2, 0.25) is 0 Å². The largest absolute Gasteiger partial charge is 0.493 e. The second kappa shape index (κ2) is 6.45. The molecule has 1 aromatic rings. The fraction of sp³-hybridized carbons (Fsp3) is 0.333. The van der Waals surface area contributed by atoms with Gasteiger partial charge in [0.05, 0.1) is 14.2 Å². The molecule has 0 aliphatic carbocycles. The summed E-state index contributed by atoms with van der Waals surface area (Å²) in [6.45, 7) is 0.530. The van der Waals surface area contributed by atoms with Gasteiger partial charge in [0, 0.05) is 11.4 Å². The summed E-state index contributed by atoms with van der Waals surface area (Å²) in [5, 5.41) is 0. The minimum Gasteiger partial charge on any atom is -0.493 e. The monoisotopic (exact) mass is 239 g/mol. The Hall–Kier alpha value is -1.13. The topological polar surface area (TPSA) is 44.5 Å². The lowest BCUT2D eigenvalue weighted by atomic mass is 10.2. The molecule has 0 unspecified atom stereocenters. The van der Waals surface area contributed by atoms with Gasteiger partial charge in [0.15, 0.2) is 11.5 Å². The number of rotatable bonds is 5. The maximum absolute atomic E-state index is 5.44. The minimum atomic E-state index is 0.530. The van der Waals surface area contributed by atoms with E-state index >= 15 is 0 Å². The Morgan fingerprint density at radius 2 is 1.88 bits per heavy atom. The standard InChI is InChI=1S/C12H17NO2S/c1-14-10-7-9(5-4-6-13)12(16-3)8-11(10)15-2/h4-5,7-8H,6,13H2,1-3H3/b5-4+. The van der Waals surface area contributed by atoms with E-state index in [0.717, 1.165) is 22.0 Å². The number of hydrogen-bond donors (Lipinski definition) is 1. The number of benzene rings is 1. The molecule has 0 radical (unpaired) electrons. The van der Waals surface area contributed by atoms with Crippen molar-refractivity contribution in [2.75, 3.05) is 27.0 Å². The Morgan fingerprint density at radius 3 is 2.38 bits per heavy atom. The van der Waals surface area contributed by atoms with Crippen molar-refractivity contribution in [3.05, 3.63) is 23.8 Å². The minimum absolute atomic E-state index is 0.530. The smallest absolute Gasteiger partial charge is 0.161 e. The van der Waals surface area contributed by atoms with Crippen molar-refractivity contribution in [1.82, 2.24) is 0 Å². The highest BCUT2D eigenvalue weighted by Crippen LogP contribution is 2.35. The normalized spacial score (nSPS) is 10.8. The summed E-state index contributed by atoms with van der Waals surface area (Å²) in [5.74, 6) is 1.48. The second-order valence-corrected chi connectivity index (χ2v) is 3.94. The molecule has 2 N–H and O–H groups in total. The fourth-order valence-electron chi connectivity index (χ4n) is 1.38. The van der Waals surface area contributed by atoms with E-state index in [4.69, 9.17) is 15.2 Å². The van der Waals surface area contributed by atoms with Crippen LogP contribution in [0.1, 0.15) is 5.56 Å². The molecule has 0 atom stereocenters. The number of thioether (sulfide) groups is 1. The highest BCUT2D eigenvalue weighted by Gasteiger charge is 2.08. The lowest BCUT2D eigenvalue weighted by Gasteiger charge is -2.11. The van der Waals surface area contributed by atoms with Gasteiger partial charge in [0.1, 0.15) is 0 Å². The van der Waals surface area contributed by atoms with Crippen molar-refractivity contribution in [2.45, 2.75) is 4.90 Å². The lowest BCUT2D eigenvalue weighted by molar-refractivity contribution is 0.354. The van der Waals surface area contributed by atoms with Gasteiger partial charge in [0.2, 0.25) is 0 Å². The van der Waals surface area contributed by atoms with E-state index in [1.54, 1.807) is 26.0 Å². The highest BCUT2D eigenvalue weighted by atomic mass is 32.2. The Bertz CT molecular complexity index is 378. The van der Waals surface area contributed by atoms with E-state index in [-0.39, 0.29) is 0 Å². The zero-order valence-corrected chi connectivity index (χ0v) is 10.6. The molecule has 0 aliphatic rings. The second-order valence-electron chi connectivity index (χ2n) is 3.09. The van der Waals surface area contributed by atoms with Crippen LogP contribution in [-0.2, 0) is 0 Å². The van der Waals surface area contributed by atoms with Crippen molar-refractivity contribution in [3.63, 3.8) is 0 Å². The predicted molar refractivity (Wildman–Crippen MR) is 69.4 cm³/mol. The van der Waals surface area contributed by atoms with Gasteiger partial charge in [-0.2, -0.15) is 0 Å². The zero-order chi connectivity index (χ0) is 12.0. The number of methoxy groups -OCH3 is 2. The van der Waals surface area contributed by atoms with Crippen molar-refractivity contribution in [2.24, 2.45) is 5.73 Å². The van der Waals surface area contributed by atoms with Crippen LogP contribution < -0.4 is 15.2 Å². The maximum atomic E-state index is 5.44. The first kappa shape index (κ1) is 12.9. The molecule has 3 nitrogen and oxygen atoms in total. The highest BCUT2D eigenvalue weighted by molar-refractivity contribution is 7.98. The lowest BCUT2D eigenvalue weighted by Crippen LogP contribution is -1.94. The molecule has 88 valence electrons. The van der Waals surface area contributed by atoms with Gasteiger partial charge in [0.25, 0.3) is 0 Å². The molecular formula is C12H17NO2S. The third-order valence-electron chi connectivity index (χ3n) is 2.17. The molecule has 1 aromatic carbocycles. The molecule has 1 rings (SSSR count). The Balaban J connectivity index is 3.20. The molecule has 4 heteroatoms. The van der Waals surface area contributed by atoms with Crippen LogP contribution in [0.4, 0.5) is 0 Å². The van der Waals surface area contributed by atoms with Gasteiger partial charge in [-0.3, -0.25) is 0 Å². The maximum Gasteiger partial charge on any atom is 0.161 e. The first-order valence-electron chi connectivity index (χ1n) is 4.93. The third-order valence-corrected chi connectivity index (χ3v) is 2.96. The number of nitrogens with two attached hydrogens (primary N) is 1. The van der Waals surface area contributed by atoms with Gasteiger partial charge in [-0.15, -0.1) is 11.8 Å². The molecular weight excluding hydrogens is 222 g/mol. The molecule has 0 bridgehead atoms. The number of ether oxygens (including phenoxy) is 2. The summed E-state index contributed by atoms with van der Waals surface area (Å²) in [7, 11) is 3.27. The number of hydrogen-bond acceptors (Lipinski definition) is 4. The van der Waals surface area contributed by atoms with Crippen molar-refractivity contribution < 1.29 is 9.47 Å². The first-order valence-corrected chi connectivity index (χ1v) is 6.16. The molecule has 0 aliphatic heterocycles. The van der Waals surface area contributed by atoms with Gasteiger partial charge < -0.3 is 15.2 Å². The molecule has 0 saturated carbocycles. The van der Waals surface area contributed by atoms with E-state index in [1.807, 2.05) is 30.5 Å². The van der Waals surface area contributed by atoms with Crippen molar-refractivity contribution in [3.8, 4) is 11.5 Å². The summed E-state index contributed by atoms with van der Waals surface area (Å²) in [6.07, 6.45) is 5.94. The average molecular weight is 239 g/mol. The van der Waals surface area contributed by atoms with Crippen LogP contribution in [-0.4, -0.2) is 27.0 Å². The molecule has 16 heavy (non-hydrogen) atoms. The van der Waals surface area contributed by atoms with Crippen LogP contribution in [0.3, 0.4) is 0 Å². The van der Waals surface area contributed by atoms with E-state index < -0.39 is 0 Å². The summed E-state index contributed by atoms with van der Waals surface area (Å²) in [5.41, 5.74) is 6.54. The Morgan fingerprint density at radius 1 is 1.25 bits per heavy atom. The van der Waals surface area contributed by atoms with E-state index in [9.17, 15) is 0 Å².